The number of nitrogens with zero attached hydrogens (tertiary/aromatic N) is 6. The highest BCUT2D eigenvalue weighted by molar-refractivity contribution is 6.32. The summed E-state index contributed by atoms with van der Waals surface area (Å²) in [5, 5.41) is -0.799. The number of amides is 1. The number of carbonyl (C=O) groups is 1. The first-order valence-electron chi connectivity index (χ1n) is 18.0. The second kappa shape index (κ2) is 13.5. The number of pyridine rings is 1. The highest BCUT2D eigenvalue weighted by Crippen LogP contribution is 2.50. The van der Waals surface area contributed by atoms with Crippen LogP contribution in [0.5, 0.6) is 11.9 Å². The van der Waals surface area contributed by atoms with E-state index in [0.29, 0.717) is 32.1 Å². The van der Waals surface area contributed by atoms with Gasteiger partial charge in [-0.15, -0.1) is 0 Å². The Hall–Kier alpha value is -4.16. The van der Waals surface area contributed by atoms with Gasteiger partial charge >= 0.3 is 18.4 Å². The van der Waals surface area contributed by atoms with Crippen molar-refractivity contribution < 1.29 is 49.7 Å². The Morgan fingerprint density at radius 2 is 1.84 bits per heavy atom. The zero-order valence-electron chi connectivity index (χ0n) is 29.7. The molecule has 1 amide bonds. The number of benzene rings is 1. The lowest BCUT2D eigenvalue weighted by Gasteiger charge is -2.48. The van der Waals surface area contributed by atoms with Crippen molar-refractivity contribution >= 4 is 39.9 Å². The number of halogens is 8. The van der Waals surface area contributed by atoms with Gasteiger partial charge in [0.05, 0.1) is 48.5 Å². The van der Waals surface area contributed by atoms with E-state index < -0.39 is 81.2 Å². The van der Waals surface area contributed by atoms with E-state index in [0.717, 1.165) is 51.5 Å². The summed E-state index contributed by atoms with van der Waals surface area (Å²) in [7, 11) is 0. The van der Waals surface area contributed by atoms with Crippen molar-refractivity contribution in [1.82, 2.24) is 24.8 Å². The van der Waals surface area contributed by atoms with E-state index >= 15 is 4.39 Å². The van der Waals surface area contributed by atoms with Crippen molar-refractivity contribution in [2.45, 2.75) is 76.1 Å². The van der Waals surface area contributed by atoms with Crippen molar-refractivity contribution in [2.24, 2.45) is 5.41 Å². The number of nitrogen functional groups attached to an aromatic ring is 1. The van der Waals surface area contributed by atoms with Crippen LogP contribution in [0.15, 0.2) is 23.8 Å². The van der Waals surface area contributed by atoms with Crippen molar-refractivity contribution in [3.63, 3.8) is 0 Å². The molecule has 5 aliphatic rings. The van der Waals surface area contributed by atoms with Gasteiger partial charge in [-0.1, -0.05) is 11.6 Å². The van der Waals surface area contributed by atoms with Crippen LogP contribution in [0.3, 0.4) is 0 Å². The topological polar surface area (TPSA) is 119 Å². The van der Waals surface area contributed by atoms with E-state index in [2.05, 4.69) is 14.9 Å². The van der Waals surface area contributed by atoms with Crippen LogP contribution < -0.4 is 20.1 Å². The third kappa shape index (κ3) is 6.87. The molecule has 3 aromatic rings. The first-order valence-corrected chi connectivity index (χ1v) is 18.3. The molecule has 11 nitrogen and oxygen atoms in total. The third-order valence-electron chi connectivity index (χ3n) is 11.3. The molecule has 19 heteroatoms. The van der Waals surface area contributed by atoms with Gasteiger partial charge in [0, 0.05) is 54.5 Å². The zero-order chi connectivity index (χ0) is 39.2. The molecule has 2 aromatic heterocycles. The summed E-state index contributed by atoms with van der Waals surface area (Å²) >= 11 is 6.06. The predicted molar refractivity (Wildman–Crippen MR) is 186 cm³/mol. The maximum atomic E-state index is 17.0. The van der Waals surface area contributed by atoms with Crippen LogP contribution in [0.2, 0.25) is 5.02 Å². The molecule has 2 bridgehead atoms. The Labute approximate surface area is 315 Å². The molecule has 8 rings (SSSR count). The Bertz CT molecular complexity index is 2070. The molecule has 4 atom stereocenters. The quantitative estimate of drug-likeness (QED) is 0.163. The molecule has 296 valence electrons. The SMILES string of the molecule is C/C(=C\C(=O)N1[C@@H]2CC[C@H]1[C@H]1[C@H](C)Oc3nc(-c4cc(N)cc(Cl)c4C(F)(F)F)c(F)c4nc(OCC5(CN6CCOCC6)CC5)nc(c34)N1C2)C(F)(F)F. The summed E-state index contributed by atoms with van der Waals surface area (Å²) in [5.41, 5.74) is 1.17. The number of rotatable bonds is 7. The van der Waals surface area contributed by atoms with Crippen LogP contribution >= 0.6 is 11.6 Å². The molecular formula is C36H37ClF7N7O4. The molecule has 1 aliphatic carbocycles. The number of anilines is 2. The Kier molecular flexibility index (Phi) is 9.27. The fraction of sp³-hybridized carbons (Fsp3) is 0.556. The minimum atomic E-state index is -5.04. The van der Waals surface area contributed by atoms with Gasteiger partial charge in [0.25, 0.3) is 0 Å². The van der Waals surface area contributed by atoms with Gasteiger partial charge in [-0.2, -0.15) is 36.3 Å². The number of alkyl halides is 6. The fourth-order valence-electron chi connectivity index (χ4n) is 8.43. The number of carbonyl (C=O) groups excluding carboxylic acids is 1. The molecule has 4 aliphatic heterocycles. The number of hydrogen-bond donors (Lipinski definition) is 1. The van der Waals surface area contributed by atoms with Crippen LogP contribution in [0, 0.1) is 11.2 Å². The molecule has 0 spiro atoms. The molecule has 6 heterocycles. The molecule has 0 radical (unpaired) electrons. The number of fused-ring (bicyclic) bond motifs is 5. The van der Waals surface area contributed by atoms with Gasteiger partial charge in [0.2, 0.25) is 11.8 Å². The van der Waals surface area contributed by atoms with Gasteiger partial charge in [0.15, 0.2) is 5.82 Å². The molecular weight excluding hydrogens is 763 g/mol. The second-order valence-electron chi connectivity index (χ2n) is 15.1. The molecule has 4 fully saturated rings. The van der Waals surface area contributed by atoms with E-state index in [1.54, 1.807) is 6.92 Å². The molecule has 0 unspecified atom stereocenters. The monoisotopic (exact) mass is 799 g/mol. The minimum absolute atomic E-state index is 0.0343. The Balaban J connectivity index is 1.25. The number of morpholine rings is 1. The second-order valence-corrected chi connectivity index (χ2v) is 15.5. The van der Waals surface area contributed by atoms with Gasteiger partial charge < -0.3 is 29.7 Å². The largest absolute Gasteiger partial charge is 0.472 e. The highest BCUT2D eigenvalue weighted by Gasteiger charge is 2.53. The molecule has 1 aromatic carbocycles. The summed E-state index contributed by atoms with van der Waals surface area (Å²) < 4.78 is 119. The lowest BCUT2D eigenvalue weighted by molar-refractivity contribution is -0.137. The fourth-order valence-corrected chi connectivity index (χ4v) is 8.76. The number of piperazine rings is 1. The first kappa shape index (κ1) is 37.7. The summed E-state index contributed by atoms with van der Waals surface area (Å²) in [5.74, 6) is -2.21. The summed E-state index contributed by atoms with van der Waals surface area (Å²) in [6, 6.07) is -0.358. The normalized spacial score (nSPS) is 25.1. The zero-order valence-corrected chi connectivity index (χ0v) is 30.5. The van der Waals surface area contributed by atoms with E-state index in [1.165, 1.54) is 4.90 Å². The van der Waals surface area contributed by atoms with Crippen LogP contribution in [-0.4, -0.2) is 107 Å². The third-order valence-corrected chi connectivity index (χ3v) is 11.6. The number of aromatic nitrogens is 3. The van der Waals surface area contributed by atoms with E-state index in [-0.39, 0.29) is 47.3 Å². The maximum absolute atomic E-state index is 17.0. The van der Waals surface area contributed by atoms with Crippen molar-refractivity contribution in [3.8, 4) is 23.1 Å². The number of ether oxygens (including phenoxy) is 3. The molecule has 1 saturated carbocycles. The minimum Gasteiger partial charge on any atom is -0.472 e. The Morgan fingerprint density at radius 3 is 2.51 bits per heavy atom. The summed E-state index contributed by atoms with van der Waals surface area (Å²) in [4.78, 5) is 32.4. The van der Waals surface area contributed by atoms with Crippen molar-refractivity contribution in [3.05, 3.63) is 40.2 Å². The molecule has 55 heavy (non-hydrogen) atoms. The lowest BCUT2D eigenvalue weighted by Crippen LogP contribution is -2.65. The van der Waals surface area contributed by atoms with Crippen molar-refractivity contribution in [1.29, 1.82) is 0 Å². The van der Waals surface area contributed by atoms with Gasteiger partial charge in [-0.25, -0.2) is 9.37 Å². The highest BCUT2D eigenvalue weighted by atomic mass is 35.5. The number of allylic oxidation sites excluding steroid dienone is 1. The standard InChI is InChI=1S/C36H37ClF7N7O4/c1-17(35(39,40)41)11-24(52)51-20-3-4-23(51)30-18(2)55-32-25-29(27(38)28(46-32)21-12-19(45)13-22(37)26(21)36(42,43)44)47-33(48-31(25)50(30)14-20)54-16-34(5-6-34)15-49-7-9-53-10-8-49/h11-13,18,20,23,30H,3-10,14-16,45H2,1-2H3/b17-11+/t18-,20+,23-,30+/m0/s1. The Morgan fingerprint density at radius 1 is 1.11 bits per heavy atom. The number of nitrogens with two attached hydrogens (primary N) is 1. The predicted octanol–water partition coefficient (Wildman–Crippen LogP) is 6.41. The lowest BCUT2D eigenvalue weighted by atomic mass is 9.97. The smallest absolute Gasteiger partial charge is 0.418 e. The summed E-state index contributed by atoms with van der Waals surface area (Å²) in [6.45, 7) is 6.21. The van der Waals surface area contributed by atoms with Crippen molar-refractivity contribution in [2.75, 3.05) is 56.6 Å². The van der Waals surface area contributed by atoms with E-state index in [4.69, 9.17) is 36.5 Å². The average molecular weight is 800 g/mol. The van der Waals surface area contributed by atoms with Crippen LogP contribution in [0.25, 0.3) is 22.2 Å². The molecule has 2 N–H and O–H groups in total. The molecule has 3 saturated heterocycles. The van der Waals surface area contributed by atoms with Crippen LogP contribution in [0.1, 0.15) is 45.1 Å². The van der Waals surface area contributed by atoms with Gasteiger partial charge in [-0.3, -0.25) is 9.69 Å². The van der Waals surface area contributed by atoms with E-state index in [1.807, 2.05) is 4.90 Å². The summed E-state index contributed by atoms with van der Waals surface area (Å²) in [6.07, 6.45) is -7.44. The van der Waals surface area contributed by atoms with Crippen LogP contribution in [-0.2, 0) is 15.7 Å². The number of hydrogen-bond acceptors (Lipinski definition) is 10. The van der Waals surface area contributed by atoms with Crippen LogP contribution in [0.4, 0.5) is 42.2 Å². The van der Waals surface area contributed by atoms with Gasteiger partial charge in [0.1, 0.15) is 28.5 Å². The first-order chi connectivity index (χ1) is 25.9. The average Bonchev–Trinajstić information content (AvgIpc) is 3.82. The maximum Gasteiger partial charge on any atom is 0.418 e. The van der Waals surface area contributed by atoms with Gasteiger partial charge in [-0.05, 0) is 51.7 Å². The van der Waals surface area contributed by atoms with E-state index in [9.17, 15) is 31.1 Å².